The highest BCUT2D eigenvalue weighted by Crippen LogP contribution is 2.41. The summed E-state index contributed by atoms with van der Waals surface area (Å²) in [5, 5.41) is 22.7. The Morgan fingerprint density at radius 1 is 0.467 bits per heavy atom. The average Bonchev–Trinajstić information content (AvgIpc) is 2.79. The van der Waals surface area contributed by atoms with E-state index in [9.17, 15) is 20.2 Å². The van der Waals surface area contributed by atoms with Crippen molar-refractivity contribution < 1.29 is 9.85 Å². The van der Waals surface area contributed by atoms with Gasteiger partial charge in [-0.1, -0.05) is 60.7 Å². The van der Waals surface area contributed by atoms with E-state index >= 15 is 0 Å². The third-order valence-electron chi connectivity index (χ3n) is 4.89. The molecule has 0 radical (unpaired) electrons. The van der Waals surface area contributed by atoms with Gasteiger partial charge in [-0.15, -0.1) is 0 Å². The van der Waals surface area contributed by atoms with Crippen LogP contribution in [0.1, 0.15) is 0 Å². The molecule has 6 nitrogen and oxygen atoms in total. The predicted octanol–water partition coefficient (Wildman–Crippen LogP) is 6.50. The van der Waals surface area contributed by atoms with Gasteiger partial charge >= 0.3 is 0 Å². The predicted molar refractivity (Wildman–Crippen MR) is 116 cm³/mol. The van der Waals surface area contributed by atoms with Crippen LogP contribution >= 0.6 is 0 Å². The molecular formula is C24H16N2O4. The van der Waals surface area contributed by atoms with Crippen molar-refractivity contribution in [2.75, 3.05) is 0 Å². The lowest BCUT2D eigenvalue weighted by Crippen LogP contribution is -1.95. The molecule has 0 spiro atoms. The smallest absolute Gasteiger partial charge is 0.258 e. The number of non-ortho nitro benzene ring substituents is 2. The maximum atomic E-state index is 11.4. The maximum Gasteiger partial charge on any atom is 0.270 e. The minimum absolute atomic E-state index is 0.0132. The zero-order valence-electron chi connectivity index (χ0n) is 15.8. The largest absolute Gasteiger partial charge is 0.270 e. The first-order valence-electron chi connectivity index (χ1n) is 9.22. The second-order valence-corrected chi connectivity index (χ2v) is 6.71. The molecule has 0 aliphatic carbocycles. The summed E-state index contributed by atoms with van der Waals surface area (Å²) in [6, 6.07) is 28.2. The second-order valence-electron chi connectivity index (χ2n) is 6.71. The molecule has 146 valence electrons. The van der Waals surface area contributed by atoms with Crippen LogP contribution in [0.25, 0.3) is 33.4 Å². The second kappa shape index (κ2) is 7.97. The highest BCUT2D eigenvalue weighted by molar-refractivity contribution is 5.93. The molecule has 0 aromatic heterocycles. The third kappa shape index (κ3) is 3.66. The van der Waals surface area contributed by atoms with Gasteiger partial charge in [0.15, 0.2) is 0 Å². The lowest BCUT2D eigenvalue weighted by atomic mass is 9.89. The summed E-state index contributed by atoms with van der Waals surface area (Å²) in [5.41, 5.74) is 4.54. The van der Waals surface area contributed by atoms with Gasteiger partial charge in [-0.25, -0.2) is 0 Å². The van der Waals surface area contributed by atoms with Crippen molar-refractivity contribution in [3.63, 3.8) is 0 Å². The van der Waals surface area contributed by atoms with E-state index in [4.69, 9.17) is 0 Å². The van der Waals surface area contributed by atoms with E-state index in [0.29, 0.717) is 11.1 Å². The number of nitrogens with zero attached hydrogens (tertiary/aromatic N) is 2. The first kappa shape index (κ1) is 19.0. The summed E-state index contributed by atoms with van der Waals surface area (Å²) in [6.07, 6.45) is 0. The van der Waals surface area contributed by atoms with Crippen LogP contribution in [0.2, 0.25) is 0 Å². The summed E-state index contributed by atoms with van der Waals surface area (Å²) in [6.45, 7) is 0. The molecule has 30 heavy (non-hydrogen) atoms. The van der Waals surface area contributed by atoms with E-state index < -0.39 is 9.85 Å². The fraction of sp³-hybridized carbons (Fsp3) is 0. The van der Waals surface area contributed by atoms with E-state index in [1.165, 1.54) is 12.1 Å². The number of hydrogen-bond acceptors (Lipinski definition) is 4. The molecule has 6 heteroatoms. The summed E-state index contributed by atoms with van der Waals surface area (Å²) in [4.78, 5) is 21.9. The molecule has 4 aromatic rings. The normalized spacial score (nSPS) is 10.5. The first-order chi connectivity index (χ1) is 14.5. The van der Waals surface area contributed by atoms with Crippen molar-refractivity contribution >= 4 is 11.4 Å². The lowest BCUT2D eigenvalue weighted by molar-refractivity contribution is -0.385. The minimum atomic E-state index is -0.426. The molecule has 4 aromatic carbocycles. The SMILES string of the molecule is O=[N+]([O-])c1ccc(-c2ccc([N+](=O)[O-])cc2-c2ccccc2)c(-c2ccccc2)c1. The molecule has 0 atom stereocenters. The Balaban J connectivity index is 2.01. The van der Waals surface area contributed by atoms with Crippen molar-refractivity contribution in [2.24, 2.45) is 0 Å². The Labute approximate surface area is 172 Å². The zero-order valence-corrected chi connectivity index (χ0v) is 15.8. The minimum Gasteiger partial charge on any atom is -0.258 e. The van der Waals surface area contributed by atoms with Crippen molar-refractivity contribution in [3.8, 4) is 33.4 Å². The quantitative estimate of drug-likeness (QED) is 0.284. The van der Waals surface area contributed by atoms with Gasteiger partial charge in [0.1, 0.15) is 0 Å². The van der Waals surface area contributed by atoms with E-state index in [1.807, 2.05) is 60.7 Å². The number of rotatable bonds is 5. The van der Waals surface area contributed by atoms with Gasteiger partial charge < -0.3 is 0 Å². The van der Waals surface area contributed by atoms with Crippen LogP contribution in [-0.4, -0.2) is 9.85 Å². The van der Waals surface area contributed by atoms with Crippen LogP contribution in [0.4, 0.5) is 11.4 Å². The van der Waals surface area contributed by atoms with Crippen LogP contribution in [0.3, 0.4) is 0 Å². The molecule has 0 amide bonds. The molecule has 4 rings (SSSR count). The van der Waals surface area contributed by atoms with Crippen molar-refractivity contribution in [1.29, 1.82) is 0 Å². The summed E-state index contributed by atoms with van der Waals surface area (Å²) in [7, 11) is 0. The molecule has 0 unspecified atom stereocenters. The molecule has 0 bridgehead atoms. The molecule has 0 saturated heterocycles. The Morgan fingerprint density at radius 3 is 1.17 bits per heavy atom. The maximum absolute atomic E-state index is 11.4. The molecule has 0 aliphatic rings. The molecule has 0 N–H and O–H groups in total. The molecule has 0 aliphatic heterocycles. The first-order valence-corrected chi connectivity index (χ1v) is 9.22. The van der Waals surface area contributed by atoms with Gasteiger partial charge in [0, 0.05) is 24.3 Å². The Morgan fingerprint density at radius 2 is 0.833 bits per heavy atom. The van der Waals surface area contributed by atoms with Gasteiger partial charge in [-0.3, -0.25) is 20.2 Å². The molecule has 0 fully saturated rings. The lowest BCUT2D eigenvalue weighted by Gasteiger charge is -2.15. The van der Waals surface area contributed by atoms with Crippen LogP contribution < -0.4 is 0 Å². The summed E-state index contributed by atoms with van der Waals surface area (Å²) < 4.78 is 0. The Kier molecular flexibility index (Phi) is 5.05. The molecular weight excluding hydrogens is 380 g/mol. The number of nitro benzene ring substituents is 2. The van der Waals surface area contributed by atoms with Gasteiger partial charge in [-0.05, 0) is 45.5 Å². The Hall–Kier alpha value is -4.32. The van der Waals surface area contributed by atoms with Gasteiger partial charge in [0.25, 0.3) is 11.4 Å². The highest BCUT2D eigenvalue weighted by atomic mass is 16.6. The standard InChI is InChI=1S/C24H16N2O4/c27-25(28)19-11-13-21(23(15-19)17-7-3-1-4-8-17)22-14-12-20(26(29)30)16-24(22)18-9-5-2-6-10-18/h1-16H. The van der Waals surface area contributed by atoms with E-state index in [1.54, 1.807) is 24.3 Å². The molecule has 0 saturated carbocycles. The van der Waals surface area contributed by atoms with Crippen molar-refractivity contribution in [3.05, 3.63) is 117 Å². The van der Waals surface area contributed by atoms with E-state index in [0.717, 1.165) is 22.3 Å². The van der Waals surface area contributed by atoms with Gasteiger partial charge in [0.2, 0.25) is 0 Å². The highest BCUT2D eigenvalue weighted by Gasteiger charge is 2.19. The van der Waals surface area contributed by atoms with Gasteiger partial charge in [0.05, 0.1) is 9.85 Å². The van der Waals surface area contributed by atoms with Crippen molar-refractivity contribution in [1.82, 2.24) is 0 Å². The van der Waals surface area contributed by atoms with Gasteiger partial charge in [-0.2, -0.15) is 0 Å². The van der Waals surface area contributed by atoms with Crippen molar-refractivity contribution in [2.45, 2.75) is 0 Å². The fourth-order valence-corrected chi connectivity index (χ4v) is 3.47. The number of hydrogen-bond donors (Lipinski definition) is 0. The van der Waals surface area contributed by atoms with E-state index in [2.05, 4.69) is 0 Å². The average molecular weight is 396 g/mol. The summed E-state index contributed by atoms with van der Waals surface area (Å²) in [5.74, 6) is 0. The third-order valence-corrected chi connectivity index (χ3v) is 4.89. The van der Waals surface area contributed by atoms with Crippen LogP contribution in [0, 0.1) is 20.2 Å². The fourth-order valence-electron chi connectivity index (χ4n) is 3.47. The Bertz CT molecular complexity index is 1140. The van der Waals surface area contributed by atoms with E-state index in [-0.39, 0.29) is 11.4 Å². The molecule has 0 heterocycles. The van der Waals surface area contributed by atoms with Crippen LogP contribution in [0.15, 0.2) is 97.1 Å². The van der Waals surface area contributed by atoms with Crippen LogP contribution in [0.5, 0.6) is 0 Å². The zero-order chi connectivity index (χ0) is 21.1. The van der Waals surface area contributed by atoms with Crippen LogP contribution in [-0.2, 0) is 0 Å². The number of benzene rings is 4. The topological polar surface area (TPSA) is 86.3 Å². The number of nitro groups is 2. The monoisotopic (exact) mass is 396 g/mol. The summed E-state index contributed by atoms with van der Waals surface area (Å²) >= 11 is 0.